The van der Waals surface area contributed by atoms with Crippen LogP contribution in [0.1, 0.15) is 17.0 Å². The maximum Gasteiger partial charge on any atom is 0.418 e. The van der Waals surface area contributed by atoms with E-state index in [0.717, 1.165) is 24.3 Å². The minimum absolute atomic E-state index is 0.0784. The van der Waals surface area contributed by atoms with E-state index in [-0.39, 0.29) is 34.1 Å². The Bertz CT molecular complexity index is 1400. The van der Waals surface area contributed by atoms with Gasteiger partial charge in [0.1, 0.15) is 18.1 Å². The van der Waals surface area contributed by atoms with Gasteiger partial charge in [0.15, 0.2) is 0 Å². The molecule has 0 saturated heterocycles. The van der Waals surface area contributed by atoms with Crippen LogP contribution in [0.4, 0.5) is 37.8 Å². The molecule has 0 radical (unpaired) electrons. The number of aliphatic carboxylic acids is 1. The third-order valence-corrected chi connectivity index (χ3v) is 4.91. The van der Waals surface area contributed by atoms with Gasteiger partial charge in [-0.15, -0.1) is 0 Å². The van der Waals surface area contributed by atoms with Crippen LogP contribution in [0.25, 0.3) is 22.2 Å². The van der Waals surface area contributed by atoms with Crippen molar-refractivity contribution in [2.24, 2.45) is 0 Å². The molecule has 2 N–H and O–H groups in total. The highest BCUT2D eigenvalue weighted by Gasteiger charge is 2.34. The number of halogens is 6. The minimum atomic E-state index is -4.66. The molecule has 2 aromatic heterocycles. The Hall–Kier alpha value is -4.22. The molecule has 0 unspecified atom stereocenters. The van der Waals surface area contributed by atoms with Gasteiger partial charge in [-0.1, -0.05) is 6.07 Å². The van der Waals surface area contributed by atoms with Gasteiger partial charge >= 0.3 is 18.3 Å². The average Bonchev–Trinajstić information content (AvgIpc) is 2.77. The molecule has 2 aromatic carbocycles. The van der Waals surface area contributed by atoms with Gasteiger partial charge in [0, 0.05) is 22.8 Å². The first kappa shape index (κ1) is 23.9. The standard InChI is InChI=1S/C23H14F6N4O2/c24-22(25,26)13-4-6-14(7-5-13)31-21-15-8-3-12(10-17(15)32-18(33-21)11-19(34)35)20-16(23(27,28)29)2-1-9-30-20/h1-10H,11H2,(H,34,35)(H,31,32,33). The van der Waals surface area contributed by atoms with E-state index in [1.807, 2.05) is 0 Å². The van der Waals surface area contributed by atoms with Gasteiger partial charge in [-0.05, 0) is 48.5 Å². The van der Waals surface area contributed by atoms with Crippen LogP contribution in [0, 0.1) is 0 Å². The lowest BCUT2D eigenvalue weighted by atomic mass is 10.0. The van der Waals surface area contributed by atoms with Gasteiger partial charge in [0.25, 0.3) is 0 Å². The number of pyridine rings is 1. The molecule has 4 rings (SSSR count). The third kappa shape index (κ3) is 5.31. The summed E-state index contributed by atoms with van der Waals surface area (Å²) >= 11 is 0. The summed E-state index contributed by atoms with van der Waals surface area (Å²) in [5, 5.41) is 12.3. The molecule has 4 aromatic rings. The van der Waals surface area contributed by atoms with Crippen molar-refractivity contribution in [1.82, 2.24) is 15.0 Å². The summed E-state index contributed by atoms with van der Waals surface area (Å²) in [6.45, 7) is 0. The van der Waals surface area contributed by atoms with Crippen molar-refractivity contribution in [3.05, 3.63) is 77.7 Å². The number of alkyl halides is 6. The first-order chi connectivity index (χ1) is 16.4. The fourth-order valence-electron chi connectivity index (χ4n) is 3.38. The highest BCUT2D eigenvalue weighted by Crippen LogP contribution is 2.37. The average molecular weight is 492 g/mol. The Labute approximate surface area is 193 Å². The molecule has 180 valence electrons. The van der Waals surface area contributed by atoms with Crippen LogP contribution >= 0.6 is 0 Å². The number of nitrogens with zero attached hydrogens (tertiary/aromatic N) is 3. The predicted molar refractivity (Wildman–Crippen MR) is 114 cm³/mol. The Morgan fingerprint density at radius 1 is 0.914 bits per heavy atom. The van der Waals surface area contributed by atoms with Crippen molar-refractivity contribution in [3.8, 4) is 11.3 Å². The Morgan fingerprint density at radius 2 is 1.63 bits per heavy atom. The summed E-state index contributed by atoms with van der Waals surface area (Å²) in [4.78, 5) is 23.4. The molecule has 0 amide bonds. The molecule has 0 saturated carbocycles. The fraction of sp³-hybridized carbons (Fsp3) is 0.130. The normalized spacial score (nSPS) is 12.1. The highest BCUT2D eigenvalue weighted by atomic mass is 19.4. The monoisotopic (exact) mass is 492 g/mol. The number of carboxylic acids is 1. The molecule has 2 heterocycles. The van der Waals surface area contributed by atoms with E-state index in [9.17, 15) is 31.1 Å². The molecule has 0 fully saturated rings. The molecule has 6 nitrogen and oxygen atoms in total. The van der Waals surface area contributed by atoms with Crippen LogP contribution < -0.4 is 5.32 Å². The van der Waals surface area contributed by atoms with Crippen molar-refractivity contribution in [3.63, 3.8) is 0 Å². The zero-order chi connectivity index (χ0) is 25.4. The summed E-state index contributed by atoms with van der Waals surface area (Å²) in [6.07, 6.45) is -8.55. The second kappa shape index (κ2) is 8.85. The third-order valence-electron chi connectivity index (χ3n) is 4.91. The lowest BCUT2D eigenvalue weighted by Gasteiger charge is -2.14. The Balaban J connectivity index is 1.81. The summed E-state index contributed by atoms with van der Waals surface area (Å²) < 4.78 is 78.9. The number of carboxylic acid groups (broad SMARTS) is 1. The molecule has 0 aliphatic carbocycles. The highest BCUT2D eigenvalue weighted by molar-refractivity contribution is 5.93. The molecule has 0 spiro atoms. The van der Waals surface area contributed by atoms with Crippen LogP contribution in [0.2, 0.25) is 0 Å². The molecular formula is C23H14F6N4O2. The topological polar surface area (TPSA) is 88.0 Å². The van der Waals surface area contributed by atoms with Gasteiger partial charge in [0.05, 0.1) is 22.3 Å². The van der Waals surface area contributed by atoms with E-state index in [1.54, 1.807) is 0 Å². The van der Waals surface area contributed by atoms with Gasteiger partial charge < -0.3 is 10.4 Å². The number of anilines is 2. The SMILES string of the molecule is O=C(O)Cc1nc(Nc2ccc(C(F)(F)F)cc2)c2ccc(-c3ncccc3C(F)(F)F)cc2n1. The number of hydrogen-bond acceptors (Lipinski definition) is 5. The van der Waals surface area contributed by atoms with Crippen molar-refractivity contribution in [2.45, 2.75) is 18.8 Å². The summed E-state index contributed by atoms with van der Waals surface area (Å²) in [6, 6.07) is 10.2. The number of rotatable bonds is 5. The van der Waals surface area contributed by atoms with E-state index in [0.29, 0.717) is 5.39 Å². The zero-order valence-corrected chi connectivity index (χ0v) is 17.4. The quantitative estimate of drug-likeness (QED) is 0.328. The maximum absolute atomic E-state index is 13.5. The summed E-state index contributed by atoms with van der Waals surface area (Å²) in [7, 11) is 0. The van der Waals surface area contributed by atoms with Crippen molar-refractivity contribution in [1.29, 1.82) is 0 Å². The van der Waals surface area contributed by atoms with Gasteiger partial charge in [0.2, 0.25) is 0 Å². The molecule has 12 heteroatoms. The van der Waals surface area contributed by atoms with Crippen molar-refractivity contribution < 1.29 is 36.2 Å². The molecule has 0 bridgehead atoms. The van der Waals surface area contributed by atoms with E-state index in [2.05, 4.69) is 20.3 Å². The minimum Gasteiger partial charge on any atom is -0.481 e. The number of fused-ring (bicyclic) bond motifs is 1. The fourth-order valence-corrected chi connectivity index (χ4v) is 3.38. The largest absolute Gasteiger partial charge is 0.481 e. The van der Waals surface area contributed by atoms with E-state index >= 15 is 0 Å². The second-order valence-electron chi connectivity index (χ2n) is 7.39. The smallest absolute Gasteiger partial charge is 0.418 e. The van der Waals surface area contributed by atoms with Crippen LogP contribution in [0.5, 0.6) is 0 Å². The first-order valence-electron chi connectivity index (χ1n) is 9.91. The van der Waals surface area contributed by atoms with E-state index in [1.165, 1.54) is 36.5 Å². The number of hydrogen-bond donors (Lipinski definition) is 2. The zero-order valence-electron chi connectivity index (χ0n) is 17.4. The van der Waals surface area contributed by atoms with Gasteiger partial charge in [-0.3, -0.25) is 9.78 Å². The van der Waals surface area contributed by atoms with Crippen LogP contribution in [0.3, 0.4) is 0 Å². The van der Waals surface area contributed by atoms with Crippen LogP contribution in [-0.2, 0) is 23.6 Å². The maximum atomic E-state index is 13.5. The summed E-state index contributed by atoms with van der Waals surface area (Å²) in [5.74, 6) is -1.31. The lowest BCUT2D eigenvalue weighted by Crippen LogP contribution is -2.09. The molecule has 0 aliphatic rings. The lowest BCUT2D eigenvalue weighted by molar-refractivity contribution is -0.138. The van der Waals surface area contributed by atoms with Crippen molar-refractivity contribution >= 4 is 28.4 Å². The first-order valence-corrected chi connectivity index (χ1v) is 9.91. The Morgan fingerprint density at radius 3 is 2.26 bits per heavy atom. The second-order valence-corrected chi connectivity index (χ2v) is 7.39. The van der Waals surface area contributed by atoms with Crippen LogP contribution in [0.15, 0.2) is 60.8 Å². The number of benzene rings is 2. The molecular weight excluding hydrogens is 478 g/mol. The van der Waals surface area contributed by atoms with Crippen molar-refractivity contribution in [2.75, 3.05) is 5.32 Å². The molecule has 0 atom stereocenters. The number of aromatic nitrogens is 3. The molecule has 35 heavy (non-hydrogen) atoms. The van der Waals surface area contributed by atoms with E-state index < -0.39 is 35.9 Å². The number of carbonyl (C=O) groups is 1. The predicted octanol–water partition coefficient (Wildman–Crippen LogP) is 6.10. The summed E-state index contributed by atoms with van der Waals surface area (Å²) in [5.41, 5.74) is -1.71. The van der Waals surface area contributed by atoms with Gasteiger partial charge in [-0.25, -0.2) is 9.97 Å². The Kier molecular flexibility index (Phi) is 6.05. The van der Waals surface area contributed by atoms with E-state index in [4.69, 9.17) is 5.11 Å². The van der Waals surface area contributed by atoms with Crippen LogP contribution in [-0.4, -0.2) is 26.0 Å². The van der Waals surface area contributed by atoms with Gasteiger partial charge in [-0.2, -0.15) is 26.3 Å². The number of nitrogens with one attached hydrogen (secondary N) is 1. The molecule has 0 aliphatic heterocycles.